The number of carbonyl (C=O) groups is 1. The third kappa shape index (κ3) is 3.83. The van der Waals surface area contributed by atoms with Gasteiger partial charge in [-0.1, -0.05) is 6.07 Å². The molecule has 1 heterocycles. The van der Waals surface area contributed by atoms with Crippen molar-refractivity contribution in [2.75, 3.05) is 6.54 Å². The minimum Gasteiger partial charge on any atom is -0.335 e. The smallest absolute Gasteiger partial charge is 0.223 e. The number of carbonyl (C=O) groups excluding carboxylic acids is 1. The van der Waals surface area contributed by atoms with Crippen LogP contribution in [0.5, 0.6) is 0 Å². The lowest BCUT2D eigenvalue weighted by Gasteiger charge is -2.23. The number of benzene rings is 1. The Morgan fingerprint density at radius 3 is 2.73 bits per heavy atom. The van der Waals surface area contributed by atoms with Gasteiger partial charge in [-0.15, -0.1) is 0 Å². The van der Waals surface area contributed by atoms with Crippen LogP contribution < -0.4 is 5.32 Å². The molecule has 5 heteroatoms. The Balaban J connectivity index is 1.60. The molecule has 1 aromatic rings. The second kappa shape index (κ2) is 6.73. The molecule has 0 spiro atoms. The van der Waals surface area contributed by atoms with Crippen molar-refractivity contribution in [2.45, 2.75) is 57.2 Å². The van der Waals surface area contributed by atoms with Gasteiger partial charge in [0, 0.05) is 36.7 Å². The Kier molecular flexibility index (Phi) is 4.71. The fourth-order valence-corrected chi connectivity index (χ4v) is 3.08. The molecule has 3 rings (SSSR count). The zero-order valence-electron chi connectivity index (χ0n) is 12.7. The first kappa shape index (κ1) is 15.4. The lowest BCUT2D eigenvalue weighted by atomic mass is 10.1. The van der Waals surface area contributed by atoms with Gasteiger partial charge in [-0.25, -0.2) is 8.78 Å². The molecule has 2 fully saturated rings. The summed E-state index contributed by atoms with van der Waals surface area (Å²) in [7, 11) is 0. The largest absolute Gasteiger partial charge is 0.335 e. The normalized spacial score (nSPS) is 21.1. The van der Waals surface area contributed by atoms with E-state index in [0.29, 0.717) is 18.0 Å². The SMILES string of the molecule is O=C(CCC1CCCN1)N(Cc1ccc(F)cc1F)C1CC1. The number of rotatable bonds is 6. The quantitative estimate of drug-likeness (QED) is 0.876. The predicted molar refractivity (Wildman–Crippen MR) is 80.2 cm³/mol. The van der Waals surface area contributed by atoms with E-state index >= 15 is 0 Å². The highest BCUT2D eigenvalue weighted by atomic mass is 19.1. The van der Waals surface area contributed by atoms with E-state index in [2.05, 4.69) is 5.32 Å². The summed E-state index contributed by atoms with van der Waals surface area (Å²) in [6.07, 6.45) is 5.60. The minimum atomic E-state index is -0.585. The highest BCUT2D eigenvalue weighted by Crippen LogP contribution is 2.30. The van der Waals surface area contributed by atoms with Crippen molar-refractivity contribution in [3.05, 3.63) is 35.4 Å². The molecule has 1 N–H and O–H groups in total. The second-order valence-electron chi connectivity index (χ2n) is 6.32. The average Bonchev–Trinajstić information content (AvgIpc) is 3.19. The van der Waals surface area contributed by atoms with Crippen LogP contribution in [0.4, 0.5) is 8.78 Å². The van der Waals surface area contributed by atoms with Crippen LogP contribution in [0.15, 0.2) is 18.2 Å². The molecule has 1 aromatic carbocycles. The maximum absolute atomic E-state index is 13.8. The number of amides is 1. The number of nitrogens with one attached hydrogen (secondary N) is 1. The van der Waals surface area contributed by atoms with Crippen LogP contribution in [0.3, 0.4) is 0 Å². The summed E-state index contributed by atoms with van der Waals surface area (Å²) in [6, 6.07) is 4.23. The van der Waals surface area contributed by atoms with Gasteiger partial charge in [-0.3, -0.25) is 4.79 Å². The molecule has 0 aromatic heterocycles. The van der Waals surface area contributed by atoms with Crippen molar-refractivity contribution in [1.29, 1.82) is 0 Å². The summed E-state index contributed by atoms with van der Waals surface area (Å²) in [5.74, 6) is -1.08. The van der Waals surface area contributed by atoms with Crippen molar-refractivity contribution in [2.24, 2.45) is 0 Å². The van der Waals surface area contributed by atoms with Crippen LogP contribution in [0, 0.1) is 11.6 Å². The van der Waals surface area contributed by atoms with Crippen LogP contribution >= 0.6 is 0 Å². The Labute approximate surface area is 129 Å². The lowest BCUT2D eigenvalue weighted by molar-refractivity contribution is -0.132. The molecule has 3 nitrogen and oxygen atoms in total. The van der Waals surface area contributed by atoms with E-state index in [1.807, 2.05) is 0 Å². The fraction of sp³-hybridized carbons (Fsp3) is 0.588. The number of hydrogen-bond acceptors (Lipinski definition) is 2. The highest BCUT2D eigenvalue weighted by Gasteiger charge is 2.33. The van der Waals surface area contributed by atoms with Crippen LogP contribution in [0.25, 0.3) is 0 Å². The molecule has 1 saturated carbocycles. The maximum Gasteiger partial charge on any atom is 0.223 e. The third-order valence-electron chi connectivity index (χ3n) is 4.53. The minimum absolute atomic E-state index is 0.0833. The zero-order chi connectivity index (χ0) is 15.5. The first-order chi connectivity index (χ1) is 10.6. The van der Waals surface area contributed by atoms with E-state index in [9.17, 15) is 13.6 Å². The van der Waals surface area contributed by atoms with Gasteiger partial charge in [0.1, 0.15) is 11.6 Å². The molecular formula is C17H22F2N2O. The Hall–Kier alpha value is -1.49. The van der Waals surface area contributed by atoms with Crippen molar-refractivity contribution >= 4 is 5.91 Å². The molecule has 2 aliphatic rings. The van der Waals surface area contributed by atoms with Crippen LogP contribution in [-0.4, -0.2) is 29.4 Å². The van der Waals surface area contributed by atoms with Gasteiger partial charge in [0.05, 0.1) is 0 Å². The van der Waals surface area contributed by atoms with Crippen molar-refractivity contribution in [1.82, 2.24) is 10.2 Å². The molecule has 0 radical (unpaired) electrons. The Morgan fingerprint density at radius 2 is 2.09 bits per heavy atom. The Morgan fingerprint density at radius 1 is 1.27 bits per heavy atom. The molecule has 120 valence electrons. The first-order valence-electron chi connectivity index (χ1n) is 8.10. The molecule has 1 aliphatic carbocycles. The summed E-state index contributed by atoms with van der Waals surface area (Å²) < 4.78 is 26.8. The topological polar surface area (TPSA) is 32.3 Å². The van der Waals surface area contributed by atoms with Crippen LogP contribution in [-0.2, 0) is 11.3 Å². The maximum atomic E-state index is 13.8. The van der Waals surface area contributed by atoms with Gasteiger partial charge in [-0.2, -0.15) is 0 Å². The van der Waals surface area contributed by atoms with E-state index in [4.69, 9.17) is 0 Å². The second-order valence-corrected chi connectivity index (χ2v) is 6.32. The summed E-state index contributed by atoms with van der Waals surface area (Å²) in [5, 5.41) is 3.39. The fourth-order valence-electron chi connectivity index (χ4n) is 3.08. The van der Waals surface area contributed by atoms with E-state index in [1.54, 1.807) is 4.90 Å². The third-order valence-corrected chi connectivity index (χ3v) is 4.53. The summed E-state index contributed by atoms with van der Waals surface area (Å²) in [5.41, 5.74) is 0.389. The summed E-state index contributed by atoms with van der Waals surface area (Å²) >= 11 is 0. The summed E-state index contributed by atoms with van der Waals surface area (Å²) in [6.45, 7) is 1.28. The van der Waals surface area contributed by atoms with Crippen molar-refractivity contribution in [3.8, 4) is 0 Å². The monoisotopic (exact) mass is 308 g/mol. The molecule has 1 amide bonds. The van der Waals surface area contributed by atoms with Gasteiger partial charge >= 0.3 is 0 Å². The molecule has 1 aliphatic heterocycles. The molecule has 1 atom stereocenters. The van der Waals surface area contributed by atoms with E-state index in [1.165, 1.54) is 18.6 Å². The standard InChI is InChI=1S/C17H22F2N2O/c18-13-4-3-12(16(19)10-13)11-21(15-6-7-15)17(22)8-5-14-2-1-9-20-14/h3-4,10,14-15,20H,1-2,5-9,11H2. The molecule has 0 bridgehead atoms. The number of nitrogens with zero attached hydrogens (tertiary/aromatic N) is 1. The van der Waals surface area contributed by atoms with E-state index in [-0.39, 0.29) is 18.5 Å². The van der Waals surface area contributed by atoms with E-state index in [0.717, 1.165) is 38.3 Å². The van der Waals surface area contributed by atoms with Gasteiger partial charge in [-0.05, 0) is 44.7 Å². The average molecular weight is 308 g/mol. The van der Waals surface area contributed by atoms with Gasteiger partial charge < -0.3 is 10.2 Å². The van der Waals surface area contributed by atoms with Gasteiger partial charge in [0.2, 0.25) is 5.91 Å². The van der Waals surface area contributed by atoms with Crippen LogP contribution in [0.2, 0.25) is 0 Å². The van der Waals surface area contributed by atoms with Crippen molar-refractivity contribution in [3.63, 3.8) is 0 Å². The predicted octanol–water partition coefficient (Wildman–Crippen LogP) is 2.99. The van der Waals surface area contributed by atoms with E-state index < -0.39 is 11.6 Å². The van der Waals surface area contributed by atoms with Crippen LogP contribution in [0.1, 0.15) is 44.1 Å². The van der Waals surface area contributed by atoms with Crippen molar-refractivity contribution < 1.29 is 13.6 Å². The molecule has 1 saturated heterocycles. The number of hydrogen-bond donors (Lipinski definition) is 1. The zero-order valence-corrected chi connectivity index (χ0v) is 12.7. The Bertz CT molecular complexity index is 539. The van der Waals surface area contributed by atoms with Gasteiger partial charge in [0.25, 0.3) is 0 Å². The molecular weight excluding hydrogens is 286 g/mol. The lowest BCUT2D eigenvalue weighted by Crippen LogP contribution is -2.34. The number of halogens is 2. The molecule has 1 unspecified atom stereocenters. The van der Waals surface area contributed by atoms with Gasteiger partial charge in [0.15, 0.2) is 0 Å². The first-order valence-corrected chi connectivity index (χ1v) is 8.10. The summed E-state index contributed by atoms with van der Waals surface area (Å²) in [4.78, 5) is 14.2. The molecule has 22 heavy (non-hydrogen) atoms. The highest BCUT2D eigenvalue weighted by molar-refractivity contribution is 5.77.